The molecular formula is C21H15FN2O2S2. The van der Waals surface area contributed by atoms with Crippen LogP contribution in [0, 0.1) is 5.82 Å². The molecule has 4 aromatic rings. The number of halogens is 1. The van der Waals surface area contributed by atoms with E-state index in [0.717, 1.165) is 27.9 Å². The molecular weight excluding hydrogens is 395 g/mol. The zero-order valence-corrected chi connectivity index (χ0v) is 16.2. The molecule has 0 aliphatic carbocycles. The molecule has 4 rings (SSSR count). The number of aromatic nitrogens is 1. The number of thiazole rings is 1. The molecule has 1 N–H and O–H groups in total. The van der Waals surface area contributed by atoms with Gasteiger partial charge in [0.05, 0.1) is 10.6 Å². The van der Waals surface area contributed by atoms with E-state index in [1.807, 2.05) is 35.7 Å². The molecule has 0 aliphatic heterocycles. The van der Waals surface area contributed by atoms with E-state index in [2.05, 4.69) is 9.71 Å². The molecule has 7 heteroatoms. The number of anilines is 1. The molecule has 0 aliphatic rings. The van der Waals surface area contributed by atoms with E-state index >= 15 is 0 Å². The van der Waals surface area contributed by atoms with Gasteiger partial charge in [0.2, 0.25) is 0 Å². The van der Waals surface area contributed by atoms with Crippen LogP contribution in [0.1, 0.15) is 0 Å². The molecule has 28 heavy (non-hydrogen) atoms. The van der Waals surface area contributed by atoms with E-state index in [1.165, 1.54) is 18.2 Å². The van der Waals surface area contributed by atoms with Gasteiger partial charge in [0.25, 0.3) is 10.0 Å². The number of hydrogen-bond donors (Lipinski definition) is 1. The van der Waals surface area contributed by atoms with Crippen LogP contribution in [0.15, 0.2) is 89.1 Å². The third-order valence-corrected chi connectivity index (χ3v) is 6.33. The summed E-state index contributed by atoms with van der Waals surface area (Å²) in [7, 11) is -3.85. The van der Waals surface area contributed by atoms with Gasteiger partial charge in [-0.05, 0) is 30.3 Å². The van der Waals surface area contributed by atoms with E-state index < -0.39 is 15.8 Å². The second kappa shape index (κ2) is 7.53. The smallest absolute Gasteiger partial charge is 0.261 e. The van der Waals surface area contributed by atoms with Crippen LogP contribution in [-0.2, 0) is 10.0 Å². The first-order valence-corrected chi connectivity index (χ1v) is 10.8. The lowest BCUT2D eigenvalue weighted by molar-refractivity contribution is 0.595. The quantitative estimate of drug-likeness (QED) is 0.478. The SMILES string of the molecule is O=S(=O)(Nc1ccc(-c2csc(-c3ccccc3)n2)cc1)c1cccc(F)c1. The average Bonchev–Trinajstić information content (AvgIpc) is 3.19. The lowest BCUT2D eigenvalue weighted by atomic mass is 10.1. The lowest BCUT2D eigenvalue weighted by Gasteiger charge is -2.08. The Kier molecular flexibility index (Phi) is 4.93. The Balaban J connectivity index is 1.54. The van der Waals surface area contributed by atoms with Crippen molar-refractivity contribution in [2.24, 2.45) is 0 Å². The molecule has 3 aromatic carbocycles. The maximum atomic E-state index is 13.3. The number of rotatable bonds is 5. The minimum Gasteiger partial charge on any atom is -0.280 e. The summed E-state index contributed by atoms with van der Waals surface area (Å²) in [4.78, 5) is 4.53. The Morgan fingerprint density at radius 2 is 1.61 bits per heavy atom. The first kappa shape index (κ1) is 18.3. The normalized spacial score (nSPS) is 11.3. The van der Waals surface area contributed by atoms with Gasteiger partial charge in [-0.25, -0.2) is 17.8 Å². The third kappa shape index (κ3) is 3.95. The number of sulfonamides is 1. The molecule has 1 heterocycles. The Bertz CT molecular complexity index is 1200. The van der Waals surface area contributed by atoms with Crippen molar-refractivity contribution in [1.82, 2.24) is 4.98 Å². The molecule has 0 spiro atoms. The van der Waals surface area contributed by atoms with E-state index in [1.54, 1.807) is 35.6 Å². The van der Waals surface area contributed by atoms with Crippen LogP contribution in [0.5, 0.6) is 0 Å². The van der Waals surface area contributed by atoms with Crippen LogP contribution in [0.4, 0.5) is 10.1 Å². The maximum absolute atomic E-state index is 13.3. The van der Waals surface area contributed by atoms with Crippen LogP contribution in [0.2, 0.25) is 0 Å². The summed E-state index contributed by atoms with van der Waals surface area (Å²) in [6, 6.07) is 21.7. The molecule has 0 unspecified atom stereocenters. The summed E-state index contributed by atoms with van der Waals surface area (Å²) in [5.74, 6) is -0.601. The molecule has 0 bridgehead atoms. The van der Waals surface area contributed by atoms with Gasteiger partial charge in [-0.2, -0.15) is 0 Å². The van der Waals surface area contributed by atoms with Crippen molar-refractivity contribution in [2.45, 2.75) is 4.90 Å². The lowest BCUT2D eigenvalue weighted by Crippen LogP contribution is -2.13. The Morgan fingerprint density at radius 1 is 0.857 bits per heavy atom. The third-order valence-electron chi connectivity index (χ3n) is 4.06. The fourth-order valence-corrected chi connectivity index (χ4v) is 4.60. The van der Waals surface area contributed by atoms with Crippen molar-refractivity contribution in [2.75, 3.05) is 4.72 Å². The number of nitrogens with one attached hydrogen (secondary N) is 1. The number of nitrogens with zero attached hydrogens (tertiary/aromatic N) is 1. The van der Waals surface area contributed by atoms with Crippen LogP contribution >= 0.6 is 11.3 Å². The topological polar surface area (TPSA) is 59.1 Å². The van der Waals surface area contributed by atoms with Crippen molar-refractivity contribution >= 4 is 27.0 Å². The highest BCUT2D eigenvalue weighted by molar-refractivity contribution is 7.92. The summed E-state index contributed by atoms with van der Waals surface area (Å²) >= 11 is 1.55. The summed E-state index contributed by atoms with van der Waals surface area (Å²) in [5, 5.41) is 2.89. The van der Waals surface area contributed by atoms with Gasteiger partial charge in [0.15, 0.2) is 0 Å². The van der Waals surface area contributed by atoms with Gasteiger partial charge in [-0.1, -0.05) is 48.5 Å². The summed E-state index contributed by atoms with van der Waals surface area (Å²) in [6.07, 6.45) is 0. The maximum Gasteiger partial charge on any atom is 0.261 e. The summed E-state index contributed by atoms with van der Waals surface area (Å²) in [5.41, 5.74) is 3.15. The first-order chi connectivity index (χ1) is 13.5. The van der Waals surface area contributed by atoms with Crippen molar-refractivity contribution in [3.8, 4) is 21.8 Å². The van der Waals surface area contributed by atoms with Gasteiger partial charge in [-0.15, -0.1) is 11.3 Å². The molecule has 1 aromatic heterocycles. The fraction of sp³-hybridized carbons (Fsp3) is 0. The first-order valence-electron chi connectivity index (χ1n) is 8.41. The van der Waals surface area contributed by atoms with Crippen LogP contribution in [0.25, 0.3) is 21.8 Å². The number of benzene rings is 3. The van der Waals surface area contributed by atoms with E-state index in [9.17, 15) is 12.8 Å². The highest BCUT2D eigenvalue weighted by Gasteiger charge is 2.15. The van der Waals surface area contributed by atoms with Gasteiger partial charge >= 0.3 is 0 Å². The molecule has 0 atom stereocenters. The van der Waals surface area contributed by atoms with Gasteiger partial charge in [0, 0.05) is 22.2 Å². The fourth-order valence-electron chi connectivity index (χ4n) is 2.68. The predicted octanol–water partition coefficient (Wildman–Crippen LogP) is 5.42. The van der Waals surface area contributed by atoms with Crippen molar-refractivity contribution in [1.29, 1.82) is 0 Å². The van der Waals surface area contributed by atoms with Crippen LogP contribution < -0.4 is 4.72 Å². The van der Waals surface area contributed by atoms with Gasteiger partial charge in [0.1, 0.15) is 10.8 Å². The monoisotopic (exact) mass is 410 g/mol. The van der Waals surface area contributed by atoms with E-state index in [0.29, 0.717) is 5.69 Å². The van der Waals surface area contributed by atoms with Crippen LogP contribution in [-0.4, -0.2) is 13.4 Å². The highest BCUT2D eigenvalue weighted by atomic mass is 32.2. The summed E-state index contributed by atoms with van der Waals surface area (Å²) < 4.78 is 40.5. The second-order valence-electron chi connectivity index (χ2n) is 6.04. The van der Waals surface area contributed by atoms with Crippen molar-refractivity contribution < 1.29 is 12.8 Å². The molecule has 0 fully saturated rings. The van der Waals surface area contributed by atoms with Gasteiger partial charge < -0.3 is 0 Å². The Morgan fingerprint density at radius 3 is 2.32 bits per heavy atom. The van der Waals surface area contributed by atoms with Crippen molar-refractivity contribution in [3.63, 3.8) is 0 Å². The Labute approximate surface area is 166 Å². The molecule has 0 radical (unpaired) electrons. The van der Waals surface area contributed by atoms with Crippen molar-refractivity contribution in [3.05, 3.63) is 90.1 Å². The summed E-state index contributed by atoms with van der Waals surface area (Å²) in [6.45, 7) is 0. The van der Waals surface area contributed by atoms with Crippen LogP contribution in [0.3, 0.4) is 0 Å². The van der Waals surface area contributed by atoms with Gasteiger partial charge in [-0.3, -0.25) is 4.72 Å². The molecule has 4 nitrogen and oxygen atoms in total. The number of hydrogen-bond acceptors (Lipinski definition) is 4. The molecule has 0 amide bonds. The predicted molar refractivity (Wildman–Crippen MR) is 110 cm³/mol. The van der Waals surface area contributed by atoms with E-state index in [-0.39, 0.29) is 4.90 Å². The molecule has 0 saturated heterocycles. The second-order valence-corrected chi connectivity index (χ2v) is 8.58. The molecule has 0 saturated carbocycles. The minimum absolute atomic E-state index is 0.122. The molecule has 140 valence electrons. The highest BCUT2D eigenvalue weighted by Crippen LogP contribution is 2.29. The average molecular weight is 410 g/mol. The minimum atomic E-state index is -3.85. The standard InChI is InChI=1S/C21H15FN2O2S2/c22-17-7-4-8-19(13-17)28(25,26)24-18-11-9-15(10-12-18)20-14-27-21(23-20)16-5-2-1-3-6-16/h1-14,24H. The van der Waals surface area contributed by atoms with E-state index in [4.69, 9.17) is 0 Å². The largest absolute Gasteiger partial charge is 0.280 e. The zero-order chi connectivity index (χ0) is 19.6. The zero-order valence-electron chi connectivity index (χ0n) is 14.5. The Hall–Kier alpha value is -3.03.